The number of rotatable bonds is 6. The maximum atomic E-state index is 12.9. The number of amides is 1. The Morgan fingerprint density at radius 1 is 1.04 bits per heavy atom. The minimum Gasteiger partial charge on any atom is -0.349 e. The molecule has 0 unspecified atom stereocenters. The molecule has 0 saturated heterocycles. The number of hydrogen-bond acceptors (Lipinski definition) is 3. The highest BCUT2D eigenvalue weighted by atomic mass is 32.2. The Morgan fingerprint density at radius 3 is 2.44 bits per heavy atom. The van der Waals surface area contributed by atoms with Crippen molar-refractivity contribution in [2.24, 2.45) is 0 Å². The monoisotopic (exact) mass is 386 g/mol. The van der Waals surface area contributed by atoms with Crippen LogP contribution in [0.1, 0.15) is 61.4 Å². The molecule has 0 heterocycles. The third kappa shape index (κ3) is 4.69. The van der Waals surface area contributed by atoms with Gasteiger partial charge in [0.25, 0.3) is 15.9 Å². The number of carbonyl (C=O) groups excluding carboxylic acids is 1. The Labute approximate surface area is 161 Å². The molecule has 0 atom stereocenters. The molecule has 2 N–H and O–H groups in total. The van der Waals surface area contributed by atoms with E-state index in [1.54, 1.807) is 24.3 Å². The van der Waals surface area contributed by atoms with Gasteiger partial charge in [0.05, 0.1) is 10.6 Å². The molecule has 1 aliphatic carbocycles. The van der Waals surface area contributed by atoms with Gasteiger partial charge >= 0.3 is 0 Å². The zero-order chi connectivity index (χ0) is 19.4. The molecule has 6 heteroatoms. The molecule has 1 saturated carbocycles. The van der Waals surface area contributed by atoms with Crippen LogP contribution in [0.2, 0.25) is 0 Å². The Balaban J connectivity index is 1.82. The van der Waals surface area contributed by atoms with Gasteiger partial charge in [-0.2, -0.15) is 0 Å². The van der Waals surface area contributed by atoms with Gasteiger partial charge in [-0.1, -0.05) is 51.0 Å². The third-order valence-electron chi connectivity index (χ3n) is 4.92. The fourth-order valence-electron chi connectivity index (χ4n) is 3.44. The van der Waals surface area contributed by atoms with Crippen molar-refractivity contribution in [1.29, 1.82) is 0 Å². The summed E-state index contributed by atoms with van der Waals surface area (Å²) in [6, 6.07) is 13.7. The first-order valence-corrected chi connectivity index (χ1v) is 10.9. The van der Waals surface area contributed by atoms with Gasteiger partial charge in [0.1, 0.15) is 0 Å². The molecule has 0 aliphatic heterocycles. The van der Waals surface area contributed by atoms with Crippen LogP contribution in [0.5, 0.6) is 0 Å². The SMILES string of the molecule is CC(C)c1ccccc1NS(=O)(=O)c1cccc(C(=O)NC2CCCC2)c1. The maximum Gasteiger partial charge on any atom is 0.261 e. The van der Waals surface area contributed by atoms with E-state index in [-0.39, 0.29) is 22.8 Å². The standard InChI is InChI=1S/C21H26N2O3S/c1-15(2)19-12-5-6-13-20(19)23-27(25,26)18-11-7-8-16(14-18)21(24)22-17-9-3-4-10-17/h5-8,11-15,17,23H,3-4,9-10H2,1-2H3,(H,22,24). The van der Waals surface area contributed by atoms with E-state index >= 15 is 0 Å². The lowest BCUT2D eigenvalue weighted by Gasteiger charge is -2.15. The zero-order valence-electron chi connectivity index (χ0n) is 15.7. The van der Waals surface area contributed by atoms with Crippen molar-refractivity contribution in [3.63, 3.8) is 0 Å². The van der Waals surface area contributed by atoms with Crippen molar-refractivity contribution in [1.82, 2.24) is 5.32 Å². The predicted molar refractivity (Wildman–Crippen MR) is 108 cm³/mol. The largest absolute Gasteiger partial charge is 0.349 e. The molecular weight excluding hydrogens is 360 g/mol. The number of para-hydroxylation sites is 1. The molecule has 0 bridgehead atoms. The van der Waals surface area contributed by atoms with Gasteiger partial charge in [-0.3, -0.25) is 9.52 Å². The van der Waals surface area contributed by atoms with E-state index < -0.39 is 10.0 Å². The lowest BCUT2D eigenvalue weighted by Crippen LogP contribution is -2.32. The smallest absolute Gasteiger partial charge is 0.261 e. The highest BCUT2D eigenvalue weighted by Gasteiger charge is 2.21. The number of anilines is 1. The number of carbonyl (C=O) groups is 1. The average Bonchev–Trinajstić information content (AvgIpc) is 3.15. The summed E-state index contributed by atoms with van der Waals surface area (Å²) in [5.41, 5.74) is 1.85. The molecule has 27 heavy (non-hydrogen) atoms. The van der Waals surface area contributed by atoms with Crippen molar-refractivity contribution >= 4 is 21.6 Å². The van der Waals surface area contributed by atoms with Crippen LogP contribution in [0, 0.1) is 0 Å². The molecule has 0 spiro atoms. The molecule has 1 amide bonds. The number of hydrogen-bond donors (Lipinski definition) is 2. The lowest BCUT2D eigenvalue weighted by molar-refractivity contribution is 0.0937. The first-order chi connectivity index (χ1) is 12.9. The topological polar surface area (TPSA) is 75.3 Å². The van der Waals surface area contributed by atoms with Crippen molar-refractivity contribution in [2.45, 2.75) is 56.4 Å². The quantitative estimate of drug-likeness (QED) is 0.778. The molecule has 144 valence electrons. The molecule has 1 aliphatic rings. The number of sulfonamides is 1. The van der Waals surface area contributed by atoms with E-state index in [1.165, 1.54) is 12.1 Å². The fraction of sp³-hybridized carbons (Fsp3) is 0.381. The number of nitrogens with one attached hydrogen (secondary N) is 2. The van der Waals surface area contributed by atoms with Crippen LogP contribution in [-0.4, -0.2) is 20.4 Å². The minimum atomic E-state index is -3.78. The summed E-state index contributed by atoms with van der Waals surface area (Å²) >= 11 is 0. The van der Waals surface area contributed by atoms with E-state index in [4.69, 9.17) is 0 Å². The normalized spacial score (nSPS) is 15.1. The summed E-state index contributed by atoms with van der Waals surface area (Å²) in [7, 11) is -3.78. The molecule has 5 nitrogen and oxygen atoms in total. The Morgan fingerprint density at radius 2 is 1.74 bits per heavy atom. The van der Waals surface area contributed by atoms with Gasteiger partial charge < -0.3 is 5.32 Å². The van der Waals surface area contributed by atoms with Crippen molar-refractivity contribution in [3.05, 3.63) is 59.7 Å². The van der Waals surface area contributed by atoms with Crippen LogP contribution in [0.3, 0.4) is 0 Å². The van der Waals surface area contributed by atoms with Crippen molar-refractivity contribution in [2.75, 3.05) is 4.72 Å². The fourth-order valence-corrected chi connectivity index (χ4v) is 4.57. The van der Waals surface area contributed by atoms with Crippen molar-refractivity contribution < 1.29 is 13.2 Å². The van der Waals surface area contributed by atoms with Gasteiger partial charge in [0.15, 0.2) is 0 Å². The number of benzene rings is 2. The molecule has 1 fully saturated rings. The van der Waals surface area contributed by atoms with E-state index in [0.29, 0.717) is 11.3 Å². The molecule has 3 rings (SSSR count). The Hall–Kier alpha value is -2.34. The maximum absolute atomic E-state index is 12.9. The van der Waals surface area contributed by atoms with Crippen molar-refractivity contribution in [3.8, 4) is 0 Å². The van der Waals surface area contributed by atoms with Crippen LogP contribution >= 0.6 is 0 Å². The summed E-state index contributed by atoms with van der Waals surface area (Å²) < 4.78 is 28.4. The van der Waals surface area contributed by atoms with E-state index in [1.807, 2.05) is 26.0 Å². The molecule has 0 aromatic heterocycles. The molecular formula is C21H26N2O3S. The summed E-state index contributed by atoms with van der Waals surface area (Å²) in [5.74, 6) is -0.0334. The Kier molecular flexibility index (Phi) is 5.85. The average molecular weight is 387 g/mol. The highest BCUT2D eigenvalue weighted by Crippen LogP contribution is 2.26. The minimum absolute atomic E-state index is 0.0835. The first kappa shape index (κ1) is 19.4. The highest BCUT2D eigenvalue weighted by molar-refractivity contribution is 7.92. The summed E-state index contributed by atoms with van der Waals surface area (Å²) in [5, 5.41) is 2.99. The summed E-state index contributed by atoms with van der Waals surface area (Å²) in [4.78, 5) is 12.5. The second-order valence-electron chi connectivity index (χ2n) is 7.33. The van der Waals surface area contributed by atoms with E-state index in [0.717, 1.165) is 31.2 Å². The Bertz CT molecular complexity index is 917. The molecule has 2 aromatic rings. The van der Waals surface area contributed by atoms with Crippen LogP contribution < -0.4 is 10.0 Å². The van der Waals surface area contributed by atoms with Gasteiger partial charge in [0.2, 0.25) is 0 Å². The predicted octanol–water partition coefficient (Wildman–Crippen LogP) is 4.28. The second-order valence-corrected chi connectivity index (χ2v) is 9.01. The summed E-state index contributed by atoms with van der Waals surface area (Å²) in [6.07, 6.45) is 4.21. The lowest BCUT2D eigenvalue weighted by atomic mass is 10.0. The third-order valence-corrected chi connectivity index (χ3v) is 6.29. The zero-order valence-corrected chi connectivity index (χ0v) is 16.6. The van der Waals surface area contributed by atoms with Crippen LogP contribution in [0.4, 0.5) is 5.69 Å². The van der Waals surface area contributed by atoms with E-state index in [9.17, 15) is 13.2 Å². The van der Waals surface area contributed by atoms with E-state index in [2.05, 4.69) is 10.0 Å². The molecule has 0 radical (unpaired) electrons. The van der Waals surface area contributed by atoms with Crippen LogP contribution in [0.15, 0.2) is 53.4 Å². The van der Waals surface area contributed by atoms with Gasteiger partial charge in [-0.15, -0.1) is 0 Å². The van der Waals surface area contributed by atoms with Crippen LogP contribution in [0.25, 0.3) is 0 Å². The van der Waals surface area contributed by atoms with Crippen LogP contribution in [-0.2, 0) is 10.0 Å². The first-order valence-electron chi connectivity index (χ1n) is 9.39. The van der Waals surface area contributed by atoms with Gasteiger partial charge in [-0.05, 0) is 48.6 Å². The summed E-state index contributed by atoms with van der Waals surface area (Å²) in [6.45, 7) is 4.03. The van der Waals surface area contributed by atoms with Gasteiger partial charge in [-0.25, -0.2) is 8.42 Å². The van der Waals surface area contributed by atoms with Gasteiger partial charge in [0, 0.05) is 11.6 Å². The molecule has 2 aromatic carbocycles. The second kappa shape index (κ2) is 8.13.